The third-order valence-electron chi connectivity index (χ3n) is 2.37. The van der Waals surface area contributed by atoms with Crippen LogP contribution in [-0.2, 0) is 6.54 Å². The lowest BCUT2D eigenvalue weighted by atomic mass is 10.2. The highest BCUT2D eigenvalue weighted by atomic mass is 15.1. The predicted octanol–water partition coefficient (Wildman–Crippen LogP) is 1.51. The van der Waals surface area contributed by atoms with Gasteiger partial charge < -0.3 is 10.2 Å². The van der Waals surface area contributed by atoms with Crippen molar-refractivity contribution in [1.29, 1.82) is 0 Å². The summed E-state index contributed by atoms with van der Waals surface area (Å²) >= 11 is 0. The Morgan fingerprint density at radius 1 is 1.40 bits per heavy atom. The molecule has 0 saturated heterocycles. The molecular formula is C12H21N3. The molecule has 1 aromatic heterocycles. The van der Waals surface area contributed by atoms with Crippen molar-refractivity contribution in [3.05, 3.63) is 30.1 Å². The van der Waals surface area contributed by atoms with Crippen LogP contribution in [0.3, 0.4) is 0 Å². The van der Waals surface area contributed by atoms with Crippen LogP contribution >= 0.6 is 0 Å². The summed E-state index contributed by atoms with van der Waals surface area (Å²) in [7, 11) is 4.21. The van der Waals surface area contributed by atoms with Crippen LogP contribution in [0.2, 0.25) is 0 Å². The molecule has 3 nitrogen and oxygen atoms in total. The summed E-state index contributed by atoms with van der Waals surface area (Å²) in [6.45, 7) is 4.19. The van der Waals surface area contributed by atoms with Crippen LogP contribution in [-0.4, -0.2) is 36.6 Å². The fraction of sp³-hybridized carbons (Fsp3) is 0.583. The van der Waals surface area contributed by atoms with Gasteiger partial charge in [-0.05, 0) is 46.1 Å². The lowest BCUT2D eigenvalue weighted by molar-refractivity contribution is 0.365. The highest BCUT2D eigenvalue weighted by molar-refractivity contribution is 5.02. The monoisotopic (exact) mass is 207 g/mol. The summed E-state index contributed by atoms with van der Waals surface area (Å²) in [5, 5.41) is 3.47. The topological polar surface area (TPSA) is 28.2 Å². The van der Waals surface area contributed by atoms with Crippen LogP contribution in [0, 0.1) is 0 Å². The first-order chi connectivity index (χ1) is 7.18. The molecule has 0 bridgehead atoms. The standard InChI is InChI=1S/C12H21N3/c1-11(7-9-15(2)3)14-10-12-6-4-5-8-13-12/h4-6,8,11,14H,7,9-10H2,1-3H3. The van der Waals surface area contributed by atoms with Gasteiger partial charge in [-0.3, -0.25) is 4.98 Å². The SMILES string of the molecule is CC(CCN(C)C)NCc1ccccn1. The van der Waals surface area contributed by atoms with E-state index in [2.05, 4.69) is 36.2 Å². The fourth-order valence-corrected chi connectivity index (χ4v) is 1.34. The highest BCUT2D eigenvalue weighted by Gasteiger charge is 2.02. The summed E-state index contributed by atoms with van der Waals surface area (Å²) in [4.78, 5) is 6.48. The Labute approximate surface area is 92.5 Å². The Kier molecular flexibility index (Phi) is 5.29. The number of hydrogen-bond acceptors (Lipinski definition) is 3. The Hall–Kier alpha value is -0.930. The van der Waals surface area contributed by atoms with Crippen LogP contribution in [0.15, 0.2) is 24.4 Å². The van der Waals surface area contributed by atoms with Crippen molar-refractivity contribution in [1.82, 2.24) is 15.2 Å². The van der Waals surface area contributed by atoms with Crippen LogP contribution in [0.4, 0.5) is 0 Å². The molecule has 0 saturated carbocycles. The Morgan fingerprint density at radius 3 is 2.80 bits per heavy atom. The highest BCUT2D eigenvalue weighted by Crippen LogP contribution is 1.96. The van der Waals surface area contributed by atoms with Gasteiger partial charge in [0.15, 0.2) is 0 Å². The molecule has 1 heterocycles. The molecular weight excluding hydrogens is 186 g/mol. The minimum absolute atomic E-state index is 0.536. The van der Waals surface area contributed by atoms with Crippen LogP contribution in [0.25, 0.3) is 0 Å². The van der Waals surface area contributed by atoms with E-state index in [9.17, 15) is 0 Å². The van der Waals surface area contributed by atoms with Crippen molar-refractivity contribution in [2.45, 2.75) is 25.9 Å². The van der Waals surface area contributed by atoms with Gasteiger partial charge in [0.1, 0.15) is 0 Å². The van der Waals surface area contributed by atoms with E-state index in [-0.39, 0.29) is 0 Å². The molecule has 3 heteroatoms. The average molecular weight is 207 g/mol. The van der Waals surface area contributed by atoms with Gasteiger partial charge in [-0.2, -0.15) is 0 Å². The van der Waals surface area contributed by atoms with E-state index in [1.54, 1.807) is 0 Å². The number of rotatable bonds is 6. The summed E-state index contributed by atoms with van der Waals surface area (Å²) in [6.07, 6.45) is 3.00. The molecule has 15 heavy (non-hydrogen) atoms. The zero-order valence-electron chi connectivity index (χ0n) is 9.90. The first-order valence-electron chi connectivity index (χ1n) is 5.46. The van der Waals surface area contributed by atoms with E-state index in [0.29, 0.717) is 6.04 Å². The van der Waals surface area contributed by atoms with Gasteiger partial charge in [-0.1, -0.05) is 6.07 Å². The number of nitrogens with zero attached hydrogens (tertiary/aromatic N) is 2. The Balaban J connectivity index is 2.19. The van der Waals surface area contributed by atoms with Gasteiger partial charge in [0.05, 0.1) is 5.69 Å². The van der Waals surface area contributed by atoms with Crippen molar-refractivity contribution >= 4 is 0 Å². The van der Waals surface area contributed by atoms with Gasteiger partial charge in [0.2, 0.25) is 0 Å². The summed E-state index contributed by atoms with van der Waals surface area (Å²) in [5.41, 5.74) is 1.11. The molecule has 1 atom stereocenters. The molecule has 0 aliphatic rings. The van der Waals surface area contributed by atoms with Gasteiger partial charge in [0.25, 0.3) is 0 Å². The van der Waals surface area contributed by atoms with Crippen LogP contribution in [0.5, 0.6) is 0 Å². The quantitative estimate of drug-likeness (QED) is 0.766. The second-order valence-electron chi connectivity index (χ2n) is 4.19. The van der Waals surface area contributed by atoms with E-state index in [1.807, 2.05) is 24.4 Å². The lowest BCUT2D eigenvalue weighted by Gasteiger charge is -2.16. The normalized spacial score (nSPS) is 13.1. The zero-order valence-corrected chi connectivity index (χ0v) is 9.90. The predicted molar refractivity (Wildman–Crippen MR) is 63.7 cm³/mol. The van der Waals surface area contributed by atoms with Crippen LogP contribution in [0.1, 0.15) is 19.0 Å². The molecule has 0 spiro atoms. The molecule has 1 rings (SSSR count). The Bertz CT molecular complexity index is 259. The average Bonchev–Trinajstić information content (AvgIpc) is 2.25. The van der Waals surface area contributed by atoms with Crippen molar-refractivity contribution in [3.8, 4) is 0 Å². The van der Waals surface area contributed by atoms with Crippen molar-refractivity contribution < 1.29 is 0 Å². The molecule has 1 aromatic rings. The maximum Gasteiger partial charge on any atom is 0.0541 e. The number of hydrogen-bond donors (Lipinski definition) is 1. The van der Waals surface area contributed by atoms with E-state index in [0.717, 1.165) is 18.8 Å². The number of aromatic nitrogens is 1. The smallest absolute Gasteiger partial charge is 0.0541 e. The molecule has 0 aliphatic heterocycles. The summed E-state index contributed by atoms with van der Waals surface area (Å²) < 4.78 is 0. The lowest BCUT2D eigenvalue weighted by Crippen LogP contribution is -2.29. The second-order valence-corrected chi connectivity index (χ2v) is 4.19. The van der Waals surface area contributed by atoms with Gasteiger partial charge in [0, 0.05) is 18.8 Å². The summed E-state index contributed by atoms with van der Waals surface area (Å²) in [6, 6.07) is 6.55. The van der Waals surface area contributed by atoms with Crippen LogP contribution < -0.4 is 5.32 Å². The minimum atomic E-state index is 0.536. The molecule has 1 N–H and O–H groups in total. The van der Waals surface area contributed by atoms with Crippen molar-refractivity contribution in [2.75, 3.05) is 20.6 Å². The zero-order chi connectivity index (χ0) is 11.1. The van der Waals surface area contributed by atoms with Gasteiger partial charge in [-0.15, -0.1) is 0 Å². The fourth-order valence-electron chi connectivity index (χ4n) is 1.34. The maximum absolute atomic E-state index is 4.27. The molecule has 1 unspecified atom stereocenters. The number of pyridine rings is 1. The third kappa shape index (κ3) is 5.50. The summed E-state index contributed by atoms with van der Waals surface area (Å²) in [5.74, 6) is 0. The molecule has 0 aliphatic carbocycles. The third-order valence-corrected chi connectivity index (χ3v) is 2.37. The van der Waals surface area contributed by atoms with Gasteiger partial charge >= 0.3 is 0 Å². The van der Waals surface area contributed by atoms with E-state index in [4.69, 9.17) is 0 Å². The first kappa shape index (κ1) is 12.1. The van der Waals surface area contributed by atoms with Crippen molar-refractivity contribution in [3.63, 3.8) is 0 Å². The van der Waals surface area contributed by atoms with Gasteiger partial charge in [-0.25, -0.2) is 0 Å². The molecule has 0 radical (unpaired) electrons. The first-order valence-corrected chi connectivity index (χ1v) is 5.46. The minimum Gasteiger partial charge on any atom is -0.309 e. The second kappa shape index (κ2) is 6.53. The number of nitrogens with one attached hydrogen (secondary N) is 1. The molecule has 84 valence electrons. The largest absolute Gasteiger partial charge is 0.309 e. The Morgan fingerprint density at radius 2 is 2.20 bits per heavy atom. The molecule has 0 fully saturated rings. The van der Waals surface area contributed by atoms with E-state index < -0.39 is 0 Å². The maximum atomic E-state index is 4.27. The van der Waals surface area contributed by atoms with Crippen molar-refractivity contribution in [2.24, 2.45) is 0 Å². The molecule has 0 amide bonds. The molecule has 0 aromatic carbocycles. The van der Waals surface area contributed by atoms with E-state index in [1.165, 1.54) is 6.42 Å². The van der Waals surface area contributed by atoms with E-state index >= 15 is 0 Å².